The van der Waals surface area contributed by atoms with Crippen LogP contribution >= 0.6 is 7.82 Å². The maximum absolute atomic E-state index is 12.7. The highest BCUT2D eigenvalue weighted by Gasteiger charge is 2.27. The van der Waals surface area contributed by atoms with Gasteiger partial charge < -0.3 is 29.1 Å². The number of rotatable bonds is 40. The van der Waals surface area contributed by atoms with E-state index in [0.29, 0.717) is 43.1 Å². The Bertz CT molecular complexity index is 1410. The van der Waals surface area contributed by atoms with Crippen molar-refractivity contribution in [2.45, 2.75) is 161 Å². The minimum Gasteiger partial charge on any atom is -0.462 e. The number of phosphoric acid groups is 1. The highest BCUT2D eigenvalue weighted by Crippen LogP contribution is 2.43. The first-order chi connectivity index (χ1) is 29.8. The van der Waals surface area contributed by atoms with Crippen LogP contribution in [0.2, 0.25) is 0 Å². The van der Waals surface area contributed by atoms with Crippen LogP contribution in [0.5, 0.6) is 0 Å². The Labute approximate surface area is 376 Å². The molecule has 62 heavy (non-hydrogen) atoms. The Morgan fingerprint density at radius 2 is 1.21 bits per heavy atom. The lowest BCUT2D eigenvalue weighted by Gasteiger charge is -2.24. The number of nitrogens with zero attached hydrogens (tertiary/aromatic N) is 1. The summed E-state index contributed by atoms with van der Waals surface area (Å²) in [6.45, 7) is 3.95. The molecule has 0 aromatic carbocycles. The summed E-state index contributed by atoms with van der Waals surface area (Å²) in [5, 5.41) is 20.0. The number of aliphatic hydroxyl groups is 2. The Morgan fingerprint density at radius 1 is 0.613 bits per heavy atom. The number of aliphatic hydroxyl groups excluding tert-OH is 2. The molecule has 12 heteroatoms. The third kappa shape index (κ3) is 43.5. The van der Waals surface area contributed by atoms with Crippen LogP contribution in [0, 0.1) is 0 Å². The Morgan fingerprint density at radius 3 is 1.87 bits per heavy atom. The summed E-state index contributed by atoms with van der Waals surface area (Å²) in [7, 11) is 1.34. The molecule has 0 aromatic rings. The van der Waals surface area contributed by atoms with Crippen LogP contribution in [0.4, 0.5) is 0 Å². The van der Waals surface area contributed by atoms with E-state index in [0.717, 1.165) is 44.9 Å². The molecule has 4 atom stereocenters. The lowest BCUT2D eigenvalue weighted by Crippen LogP contribution is -2.37. The molecule has 1 unspecified atom stereocenters. The molecule has 3 N–H and O–H groups in total. The molecule has 0 radical (unpaired) electrons. The topological polar surface area (TPSA) is 149 Å². The molecular weight excluding hydrogens is 806 g/mol. The fraction of sp³-hybridized carbons (Fsp3) is 0.640. The maximum Gasteiger partial charge on any atom is 0.472 e. The minimum absolute atomic E-state index is 0.00858. The van der Waals surface area contributed by atoms with Crippen molar-refractivity contribution in [3.05, 3.63) is 97.2 Å². The predicted molar refractivity (Wildman–Crippen MR) is 254 cm³/mol. The summed E-state index contributed by atoms with van der Waals surface area (Å²) in [5.41, 5.74) is 0. The highest BCUT2D eigenvalue weighted by atomic mass is 31.2. The Balaban J connectivity index is 4.60. The van der Waals surface area contributed by atoms with E-state index in [-0.39, 0.29) is 26.1 Å². The van der Waals surface area contributed by atoms with Crippen LogP contribution < -0.4 is 0 Å². The van der Waals surface area contributed by atoms with E-state index in [2.05, 4.69) is 38.2 Å². The van der Waals surface area contributed by atoms with Gasteiger partial charge in [0.2, 0.25) is 0 Å². The number of likely N-dealkylation sites (N-methyl/N-ethyl adjacent to an activating group) is 1. The van der Waals surface area contributed by atoms with E-state index in [1.165, 1.54) is 38.5 Å². The first-order valence-electron chi connectivity index (χ1n) is 23.2. The lowest BCUT2D eigenvalue weighted by molar-refractivity contribution is -0.870. The number of hydrogen-bond acceptors (Lipinski definition) is 9. The largest absolute Gasteiger partial charge is 0.472 e. The molecule has 354 valence electrons. The van der Waals surface area contributed by atoms with Gasteiger partial charge >= 0.3 is 19.8 Å². The monoisotopic (exact) mass is 891 g/mol. The summed E-state index contributed by atoms with van der Waals surface area (Å²) >= 11 is 0. The van der Waals surface area contributed by atoms with Crippen LogP contribution in [-0.2, 0) is 32.7 Å². The number of unbranched alkanes of at least 4 members (excludes halogenated alkanes) is 11. The van der Waals surface area contributed by atoms with Gasteiger partial charge in [0.05, 0.1) is 40.0 Å². The van der Waals surface area contributed by atoms with E-state index in [1.807, 2.05) is 63.7 Å². The van der Waals surface area contributed by atoms with Crippen LogP contribution in [0.3, 0.4) is 0 Å². The second kappa shape index (κ2) is 40.6. The number of allylic oxidation sites excluding steroid dienone is 12. The first kappa shape index (κ1) is 58.9. The number of phosphoric ester groups is 1. The second-order valence-electron chi connectivity index (χ2n) is 16.4. The van der Waals surface area contributed by atoms with Crippen LogP contribution in [-0.4, -0.2) is 97.3 Å². The van der Waals surface area contributed by atoms with Crippen molar-refractivity contribution >= 4 is 19.8 Å². The molecule has 11 nitrogen and oxygen atoms in total. The molecule has 0 heterocycles. The molecule has 0 aliphatic carbocycles. The molecule has 0 fully saturated rings. The normalized spacial score (nSPS) is 15.4. The Hall–Kier alpha value is -3.15. The number of ether oxygens (including phenoxy) is 2. The quantitative estimate of drug-likeness (QED) is 0.0136. The van der Waals surface area contributed by atoms with Gasteiger partial charge in [-0.1, -0.05) is 156 Å². The van der Waals surface area contributed by atoms with Crippen molar-refractivity contribution in [1.82, 2.24) is 0 Å². The Kier molecular flexibility index (Phi) is 38.5. The number of carbonyl (C=O) groups excluding carboxylic acids is 2. The summed E-state index contributed by atoms with van der Waals surface area (Å²) in [4.78, 5) is 35.4. The molecule has 0 saturated heterocycles. The SMILES string of the molecule is CC/C=C\C[C@@H](O)/C=C/C=C\C/C=C\C=C\[C@@H](O)/C=C\CCCC(=O)OC[C@H](COP(=O)(O)OCC[N+](C)(C)C)OC(=O)CCCCCCCCC/C=C\C/C=C\CCCCC. The molecule has 0 saturated carbocycles. The number of esters is 2. The van der Waals surface area contributed by atoms with Crippen LogP contribution in [0.1, 0.15) is 142 Å². The zero-order valence-corrected chi connectivity index (χ0v) is 39.9. The highest BCUT2D eigenvalue weighted by molar-refractivity contribution is 7.47. The lowest BCUT2D eigenvalue weighted by atomic mass is 10.1. The van der Waals surface area contributed by atoms with Gasteiger partial charge in [0, 0.05) is 12.8 Å². The molecular formula is C50H85NO10P+. The van der Waals surface area contributed by atoms with Crippen LogP contribution in [0.15, 0.2) is 97.2 Å². The second-order valence-corrected chi connectivity index (χ2v) is 17.9. The van der Waals surface area contributed by atoms with E-state index in [1.54, 1.807) is 30.4 Å². The molecule has 0 spiro atoms. The minimum atomic E-state index is -4.43. The summed E-state index contributed by atoms with van der Waals surface area (Å²) in [5.74, 6) is -1.00. The van der Waals surface area contributed by atoms with Crippen molar-refractivity contribution in [2.75, 3.05) is 47.5 Å². The molecule has 0 aliphatic heterocycles. The molecule has 0 rings (SSSR count). The van der Waals surface area contributed by atoms with E-state index >= 15 is 0 Å². The van der Waals surface area contributed by atoms with Gasteiger partial charge in [-0.25, -0.2) is 4.57 Å². The predicted octanol–water partition coefficient (Wildman–Crippen LogP) is 11.3. The smallest absolute Gasteiger partial charge is 0.462 e. The fourth-order valence-corrected chi connectivity index (χ4v) is 6.35. The molecule has 0 aliphatic rings. The van der Waals surface area contributed by atoms with Gasteiger partial charge in [0.1, 0.15) is 19.8 Å². The standard InChI is InChI=1S/C50H84NO10P/c1-6-8-10-11-12-13-14-15-16-17-18-19-20-21-25-28-34-41-50(55)61-48(45-60-62(56,57)59-43-42-51(3,4)5)44-58-49(54)40-35-29-33-39-47(53)38-32-27-24-22-23-26-31-37-46(52)36-30-9-7-2/h9,12-13,15-16,23-24,26-27,30-33,37-39,46-48,52-53H,6-8,10-11,14,17-22,25,28-29,34-36,40-45H2,1-5H3/p+1/b13-12-,16-15-,26-23-,27-24-,30-9-,37-31+,38-32+,39-33-/t46-,47-,48-/m1/s1. The molecule has 0 aromatic heterocycles. The summed E-state index contributed by atoms with van der Waals surface area (Å²) in [6, 6.07) is 0. The average Bonchev–Trinajstić information content (AvgIpc) is 3.21. The van der Waals surface area contributed by atoms with Gasteiger partial charge in [-0.2, -0.15) is 0 Å². The number of quaternary nitrogens is 1. The van der Waals surface area contributed by atoms with Gasteiger partial charge in [0.15, 0.2) is 6.10 Å². The third-order valence-electron chi connectivity index (χ3n) is 9.27. The molecule has 0 bridgehead atoms. The van der Waals surface area contributed by atoms with E-state index in [9.17, 15) is 29.3 Å². The van der Waals surface area contributed by atoms with E-state index < -0.39 is 44.7 Å². The van der Waals surface area contributed by atoms with Crippen molar-refractivity contribution in [3.63, 3.8) is 0 Å². The van der Waals surface area contributed by atoms with Crippen molar-refractivity contribution in [2.24, 2.45) is 0 Å². The van der Waals surface area contributed by atoms with Crippen molar-refractivity contribution < 1.29 is 52.3 Å². The average molecular weight is 891 g/mol. The number of carbonyl (C=O) groups is 2. The summed E-state index contributed by atoms with van der Waals surface area (Å²) in [6.07, 6.45) is 46.7. The van der Waals surface area contributed by atoms with Gasteiger partial charge in [-0.3, -0.25) is 18.6 Å². The van der Waals surface area contributed by atoms with E-state index in [4.69, 9.17) is 18.5 Å². The zero-order valence-electron chi connectivity index (χ0n) is 39.0. The first-order valence-corrected chi connectivity index (χ1v) is 24.7. The number of hydrogen-bond donors (Lipinski definition) is 3. The maximum atomic E-state index is 12.7. The van der Waals surface area contributed by atoms with Crippen molar-refractivity contribution in [3.8, 4) is 0 Å². The van der Waals surface area contributed by atoms with Gasteiger partial charge in [-0.05, 0) is 70.6 Å². The van der Waals surface area contributed by atoms with Gasteiger partial charge in [-0.15, -0.1) is 0 Å². The summed E-state index contributed by atoms with van der Waals surface area (Å²) < 4.78 is 34.2. The van der Waals surface area contributed by atoms with Crippen molar-refractivity contribution in [1.29, 1.82) is 0 Å². The van der Waals surface area contributed by atoms with Crippen LogP contribution in [0.25, 0.3) is 0 Å². The third-order valence-corrected chi connectivity index (χ3v) is 10.3. The van der Waals surface area contributed by atoms with Gasteiger partial charge in [0.25, 0.3) is 0 Å². The zero-order chi connectivity index (χ0) is 46.0. The fourth-order valence-electron chi connectivity index (χ4n) is 5.61. The molecule has 0 amide bonds.